The number of carbonyl (C=O) groups excluding carboxylic acids is 1. The van der Waals surface area contributed by atoms with Crippen molar-refractivity contribution >= 4 is 23.2 Å². The van der Waals surface area contributed by atoms with Gasteiger partial charge in [-0.3, -0.25) is 4.79 Å². The van der Waals surface area contributed by atoms with E-state index in [2.05, 4.69) is 15.5 Å². The lowest BCUT2D eigenvalue weighted by Gasteiger charge is -2.50. The fraction of sp³-hybridized carbons (Fsp3) is 0.529. The Balaban J connectivity index is 1.67. The summed E-state index contributed by atoms with van der Waals surface area (Å²) in [5.74, 6) is -0.582. The number of piperidine rings is 2. The number of halogens is 1. The Bertz CT molecular complexity index is 595. The van der Waals surface area contributed by atoms with E-state index in [4.69, 9.17) is 12.2 Å². The molecule has 2 bridgehead atoms. The second-order valence-electron chi connectivity index (χ2n) is 6.35. The average molecular weight is 335 g/mol. The number of carbonyl (C=O) groups is 1. The van der Waals surface area contributed by atoms with Crippen LogP contribution in [0.4, 0.5) is 4.39 Å². The lowest BCUT2D eigenvalue weighted by atomic mass is 9.82. The highest BCUT2D eigenvalue weighted by molar-refractivity contribution is 7.80. The molecule has 2 fully saturated rings. The molecule has 124 valence electrons. The maximum absolute atomic E-state index is 13.3. The summed E-state index contributed by atoms with van der Waals surface area (Å²) < 4.78 is 13.3. The highest BCUT2D eigenvalue weighted by Crippen LogP contribution is 2.34. The minimum atomic E-state index is -0.385. The Labute approximate surface area is 141 Å². The number of thiocarbonyl (C=S) groups is 1. The minimum Gasteiger partial charge on any atom is -0.366 e. The Morgan fingerprint density at radius 1 is 1.30 bits per heavy atom. The maximum atomic E-state index is 13.3. The van der Waals surface area contributed by atoms with E-state index in [1.165, 1.54) is 18.6 Å². The molecular formula is C17H22FN3OS. The first kappa shape index (κ1) is 16.2. The molecule has 6 heteroatoms. The zero-order valence-corrected chi connectivity index (χ0v) is 14.0. The van der Waals surface area contributed by atoms with Crippen molar-refractivity contribution in [3.8, 4) is 0 Å². The largest absolute Gasteiger partial charge is 0.366 e. The van der Waals surface area contributed by atoms with Crippen LogP contribution in [-0.4, -0.2) is 41.1 Å². The van der Waals surface area contributed by atoms with Gasteiger partial charge in [-0.2, -0.15) is 0 Å². The number of hydrogen-bond donors (Lipinski definition) is 2. The number of nitrogens with zero attached hydrogens (tertiary/aromatic N) is 1. The number of hydrogen-bond acceptors (Lipinski definition) is 2. The Morgan fingerprint density at radius 2 is 2.00 bits per heavy atom. The van der Waals surface area contributed by atoms with Crippen LogP contribution in [-0.2, 0) is 0 Å². The molecule has 2 heterocycles. The van der Waals surface area contributed by atoms with Gasteiger partial charge in [-0.05, 0) is 62.5 Å². The van der Waals surface area contributed by atoms with Crippen molar-refractivity contribution in [3.63, 3.8) is 0 Å². The van der Waals surface area contributed by atoms with Gasteiger partial charge in [-0.15, -0.1) is 0 Å². The molecule has 0 radical (unpaired) electrons. The third-order valence-corrected chi connectivity index (χ3v) is 5.26. The molecule has 3 rings (SSSR count). The van der Waals surface area contributed by atoms with Gasteiger partial charge in [0.1, 0.15) is 5.82 Å². The molecule has 0 aromatic heterocycles. The molecule has 2 N–H and O–H groups in total. The number of nitrogens with one attached hydrogen (secondary N) is 2. The molecular weight excluding hydrogens is 313 g/mol. The minimum absolute atomic E-state index is 0.122. The summed E-state index contributed by atoms with van der Waals surface area (Å²) in [7, 11) is 1.86. The van der Waals surface area contributed by atoms with Crippen LogP contribution in [0.3, 0.4) is 0 Å². The molecule has 2 aliphatic rings. The molecule has 0 aliphatic carbocycles. The second kappa shape index (κ2) is 6.83. The van der Waals surface area contributed by atoms with E-state index in [0.29, 0.717) is 17.6 Å². The number of amides is 1. The van der Waals surface area contributed by atoms with Gasteiger partial charge in [0.05, 0.1) is 0 Å². The van der Waals surface area contributed by atoms with E-state index in [1.807, 2.05) is 7.05 Å². The Morgan fingerprint density at radius 3 is 2.61 bits per heavy atom. The smallest absolute Gasteiger partial charge is 0.251 e. The number of benzene rings is 1. The third kappa shape index (κ3) is 3.47. The molecule has 4 nitrogen and oxygen atoms in total. The predicted molar refractivity (Wildman–Crippen MR) is 91.8 cm³/mol. The molecule has 1 aromatic rings. The maximum Gasteiger partial charge on any atom is 0.251 e. The van der Waals surface area contributed by atoms with E-state index >= 15 is 0 Å². The van der Waals surface area contributed by atoms with Gasteiger partial charge in [-0.25, -0.2) is 4.39 Å². The average Bonchev–Trinajstić information content (AvgIpc) is 2.53. The Hall–Kier alpha value is -1.69. The summed E-state index contributed by atoms with van der Waals surface area (Å²) in [5.41, 5.74) is 0.378. The second-order valence-corrected chi connectivity index (χ2v) is 6.74. The van der Waals surface area contributed by atoms with Crippen molar-refractivity contribution in [2.75, 3.05) is 7.05 Å². The van der Waals surface area contributed by atoms with Gasteiger partial charge in [0.15, 0.2) is 5.11 Å². The first-order valence-corrected chi connectivity index (χ1v) is 8.56. The summed E-state index contributed by atoms with van der Waals surface area (Å²) in [6.45, 7) is 0. The van der Waals surface area contributed by atoms with Crippen molar-refractivity contribution < 1.29 is 9.18 Å². The third-order valence-electron chi connectivity index (χ3n) is 4.85. The van der Waals surface area contributed by atoms with Gasteiger partial charge in [-0.1, -0.05) is 6.07 Å². The molecule has 0 spiro atoms. The van der Waals surface area contributed by atoms with Crippen LogP contribution in [0, 0.1) is 5.82 Å². The molecule has 1 aromatic carbocycles. The molecule has 2 saturated heterocycles. The highest BCUT2D eigenvalue weighted by atomic mass is 32.1. The number of rotatable bonds is 2. The summed E-state index contributed by atoms with van der Waals surface area (Å²) in [6.07, 6.45) is 5.19. The molecule has 2 atom stereocenters. The fourth-order valence-electron chi connectivity index (χ4n) is 3.86. The molecule has 2 unspecified atom stereocenters. The quantitative estimate of drug-likeness (QED) is 0.815. The van der Waals surface area contributed by atoms with Crippen LogP contribution in [0.2, 0.25) is 0 Å². The standard InChI is InChI=1S/C17H22FN3OS/c1-19-17(23)21-14-6-3-7-15(21)10-13(9-14)20-16(22)11-4-2-5-12(18)8-11/h2,4-5,8,13-15H,3,6-7,9-10H2,1H3,(H,19,23)(H,20,22). The van der Waals surface area contributed by atoms with E-state index in [-0.39, 0.29) is 17.8 Å². The summed E-state index contributed by atoms with van der Waals surface area (Å²) in [4.78, 5) is 14.6. The van der Waals surface area contributed by atoms with Crippen molar-refractivity contribution in [2.24, 2.45) is 0 Å². The fourth-order valence-corrected chi connectivity index (χ4v) is 4.16. The number of fused-ring (bicyclic) bond motifs is 2. The zero-order valence-electron chi connectivity index (χ0n) is 13.2. The van der Waals surface area contributed by atoms with E-state index in [9.17, 15) is 9.18 Å². The molecule has 23 heavy (non-hydrogen) atoms. The van der Waals surface area contributed by atoms with Crippen molar-refractivity contribution in [3.05, 3.63) is 35.6 Å². The highest BCUT2D eigenvalue weighted by Gasteiger charge is 2.39. The lowest BCUT2D eigenvalue weighted by molar-refractivity contribution is 0.0742. The van der Waals surface area contributed by atoms with Crippen LogP contribution in [0.5, 0.6) is 0 Å². The first-order chi connectivity index (χ1) is 11.1. The van der Waals surface area contributed by atoms with Crippen molar-refractivity contribution in [1.29, 1.82) is 0 Å². The predicted octanol–water partition coefficient (Wildman–Crippen LogP) is 2.45. The van der Waals surface area contributed by atoms with E-state index in [0.717, 1.165) is 30.8 Å². The molecule has 2 aliphatic heterocycles. The zero-order chi connectivity index (χ0) is 16.4. The van der Waals surface area contributed by atoms with Crippen LogP contribution in [0.15, 0.2) is 24.3 Å². The van der Waals surface area contributed by atoms with Crippen LogP contribution < -0.4 is 10.6 Å². The lowest BCUT2D eigenvalue weighted by Crippen LogP contribution is -2.60. The Kier molecular flexibility index (Phi) is 4.80. The van der Waals surface area contributed by atoms with Gasteiger partial charge in [0.25, 0.3) is 5.91 Å². The normalized spacial score (nSPS) is 26.5. The summed E-state index contributed by atoms with van der Waals surface area (Å²) in [6, 6.07) is 6.70. The van der Waals surface area contributed by atoms with Crippen molar-refractivity contribution in [1.82, 2.24) is 15.5 Å². The van der Waals surface area contributed by atoms with Crippen LogP contribution >= 0.6 is 12.2 Å². The first-order valence-electron chi connectivity index (χ1n) is 8.15. The van der Waals surface area contributed by atoms with Gasteiger partial charge in [0.2, 0.25) is 0 Å². The molecule has 0 saturated carbocycles. The SMILES string of the molecule is CNC(=S)N1C2CCCC1CC(NC(=O)c1cccc(F)c1)C2. The van der Waals surface area contributed by atoms with Gasteiger partial charge in [0, 0.05) is 30.7 Å². The summed E-state index contributed by atoms with van der Waals surface area (Å²) >= 11 is 5.43. The van der Waals surface area contributed by atoms with Gasteiger partial charge < -0.3 is 15.5 Å². The van der Waals surface area contributed by atoms with Crippen molar-refractivity contribution in [2.45, 2.75) is 50.2 Å². The monoisotopic (exact) mass is 335 g/mol. The van der Waals surface area contributed by atoms with Gasteiger partial charge >= 0.3 is 0 Å². The molecule has 1 amide bonds. The van der Waals surface area contributed by atoms with Crippen LogP contribution in [0.1, 0.15) is 42.5 Å². The van der Waals surface area contributed by atoms with E-state index in [1.54, 1.807) is 12.1 Å². The van der Waals surface area contributed by atoms with Crippen LogP contribution in [0.25, 0.3) is 0 Å². The summed E-state index contributed by atoms with van der Waals surface area (Å²) in [5, 5.41) is 6.95. The topological polar surface area (TPSA) is 44.4 Å². The van der Waals surface area contributed by atoms with E-state index < -0.39 is 0 Å².